The zero-order valence-corrected chi connectivity index (χ0v) is 10.8. The van der Waals surface area contributed by atoms with Crippen molar-refractivity contribution < 1.29 is 14.3 Å². The Morgan fingerprint density at radius 3 is 1.80 bits per heavy atom. The zero-order chi connectivity index (χ0) is 12.9. The summed E-state index contributed by atoms with van der Waals surface area (Å²) < 4.78 is 18.5. The highest BCUT2D eigenvalue weighted by molar-refractivity contribution is 6.75. The van der Waals surface area contributed by atoms with E-state index in [4.69, 9.17) is 14.3 Å². The molecule has 0 saturated carbocycles. The van der Waals surface area contributed by atoms with E-state index in [-0.39, 0.29) is 18.5 Å². The minimum atomic E-state index is -1.91. The third-order valence-corrected chi connectivity index (χ3v) is 5.02. The van der Waals surface area contributed by atoms with Crippen molar-refractivity contribution in [3.8, 4) is 0 Å². The van der Waals surface area contributed by atoms with Gasteiger partial charge in [-0.2, -0.15) is 15.2 Å². The van der Waals surface area contributed by atoms with E-state index in [1.165, 1.54) is 0 Å². The van der Waals surface area contributed by atoms with Gasteiger partial charge in [0.15, 0.2) is 0 Å². The summed E-state index contributed by atoms with van der Waals surface area (Å²) in [6.07, 6.45) is 0.559. The number of benzene rings is 1. The molecule has 0 aliphatic carbocycles. The van der Waals surface area contributed by atoms with Crippen molar-refractivity contribution >= 4 is 12.2 Å². The Kier molecular flexibility index (Phi) is 1.74. The van der Waals surface area contributed by atoms with Gasteiger partial charge in [-0.25, -0.2) is 0 Å². The number of nitrogens with zero attached hydrogens (tertiary/aromatic N) is 4. The Bertz CT molecular complexity index is 527. The fourth-order valence-electron chi connectivity index (χ4n) is 4.16. The van der Waals surface area contributed by atoms with E-state index in [9.17, 15) is 0 Å². The molecule has 1 aromatic carbocycles. The van der Waals surface area contributed by atoms with Crippen molar-refractivity contribution in [1.29, 1.82) is 0 Å². The largest absolute Gasteiger partial charge is 0.457 e. The molecule has 7 aliphatic rings. The highest BCUT2D eigenvalue weighted by Crippen LogP contribution is 2.46. The normalized spacial score (nSPS) is 57.5. The van der Waals surface area contributed by atoms with Crippen molar-refractivity contribution in [1.82, 2.24) is 20.1 Å². The van der Waals surface area contributed by atoms with Crippen molar-refractivity contribution in [2.75, 3.05) is 19.6 Å². The molecule has 7 saturated heterocycles. The molecule has 0 amide bonds. The van der Waals surface area contributed by atoms with Crippen LogP contribution in [0.2, 0.25) is 0 Å². The monoisotopic (exact) mass is 273 g/mol. The quantitative estimate of drug-likeness (QED) is 0.600. The molecule has 104 valence electrons. The first-order chi connectivity index (χ1) is 9.84. The highest BCUT2D eigenvalue weighted by Gasteiger charge is 2.66. The first-order valence-corrected chi connectivity index (χ1v) is 7.18. The Hall–Kier alpha value is -0.995. The fourth-order valence-corrected chi connectivity index (χ4v) is 4.16. The number of piperazine rings is 3. The van der Waals surface area contributed by atoms with Gasteiger partial charge in [-0.3, -0.25) is 4.90 Å². The van der Waals surface area contributed by atoms with Gasteiger partial charge in [0.05, 0.1) is 0 Å². The molecule has 8 rings (SSSR count). The van der Waals surface area contributed by atoms with Crippen molar-refractivity contribution in [2.24, 2.45) is 0 Å². The molecule has 20 heavy (non-hydrogen) atoms. The SMILES string of the molecule is c1ccc([B-]23ON4C5CN6CC4N(O2)C(C6)N5O3)cc1. The van der Waals surface area contributed by atoms with E-state index in [1.54, 1.807) is 0 Å². The van der Waals surface area contributed by atoms with Gasteiger partial charge in [0.1, 0.15) is 18.5 Å². The minimum absolute atomic E-state index is 0.186. The number of hydroxylamine groups is 6. The lowest BCUT2D eigenvalue weighted by atomic mass is 9.69. The summed E-state index contributed by atoms with van der Waals surface area (Å²) >= 11 is 0. The summed E-state index contributed by atoms with van der Waals surface area (Å²) in [5, 5.41) is 6.23. The lowest BCUT2D eigenvalue weighted by Gasteiger charge is -2.77. The second-order valence-electron chi connectivity index (χ2n) is 6.11. The maximum absolute atomic E-state index is 6.17. The van der Waals surface area contributed by atoms with Gasteiger partial charge < -0.3 is 14.3 Å². The lowest BCUT2D eigenvalue weighted by molar-refractivity contribution is -0.517. The number of rotatable bonds is 1. The molecule has 0 spiro atoms. The molecule has 0 radical (unpaired) electrons. The summed E-state index contributed by atoms with van der Waals surface area (Å²) in [5.74, 6) is 0. The predicted molar refractivity (Wildman–Crippen MR) is 68.4 cm³/mol. The van der Waals surface area contributed by atoms with Crippen molar-refractivity contribution in [3.63, 3.8) is 0 Å². The molecule has 8 heteroatoms. The number of hydrogen-bond acceptors (Lipinski definition) is 7. The van der Waals surface area contributed by atoms with Gasteiger partial charge in [0.25, 0.3) is 0 Å². The zero-order valence-electron chi connectivity index (χ0n) is 10.8. The second-order valence-corrected chi connectivity index (χ2v) is 6.11. The summed E-state index contributed by atoms with van der Waals surface area (Å²) in [6, 6.07) is 9.95. The van der Waals surface area contributed by atoms with Gasteiger partial charge in [-0.05, 0) is 0 Å². The first kappa shape index (κ1) is 10.7. The molecule has 7 aliphatic heterocycles. The van der Waals surface area contributed by atoms with Gasteiger partial charge in [0, 0.05) is 19.6 Å². The summed E-state index contributed by atoms with van der Waals surface area (Å²) in [4.78, 5) is 2.45. The molecule has 0 unspecified atom stereocenters. The average Bonchev–Trinajstić information content (AvgIpc) is 2.52. The molecule has 0 aromatic heterocycles. The van der Waals surface area contributed by atoms with Crippen LogP contribution in [0.1, 0.15) is 0 Å². The topological polar surface area (TPSA) is 40.7 Å². The van der Waals surface area contributed by atoms with Gasteiger partial charge in [0.2, 0.25) is 0 Å². The van der Waals surface area contributed by atoms with Crippen LogP contribution < -0.4 is 5.46 Å². The van der Waals surface area contributed by atoms with Crippen molar-refractivity contribution in [3.05, 3.63) is 30.3 Å². The Morgan fingerprint density at radius 1 is 0.800 bits per heavy atom. The third kappa shape index (κ3) is 1.06. The Morgan fingerprint density at radius 2 is 1.30 bits per heavy atom. The third-order valence-electron chi connectivity index (χ3n) is 5.02. The lowest BCUT2D eigenvalue weighted by Crippen LogP contribution is -2.94. The molecular weight excluding hydrogens is 259 g/mol. The minimum Gasteiger partial charge on any atom is -0.449 e. The predicted octanol–water partition coefficient (Wildman–Crippen LogP) is -1.12. The second kappa shape index (κ2) is 3.25. The average molecular weight is 273 g/mol. The molecule has 7 heterocycles. The van der Waals surface area contributed by atoms with E-state index in [0.717, 1.165) is 25.1 Å². The van der Waals surface area contributed by atoms with Gasteiger partial charge in [-0.15, -0.1) is 5.46 Å². The molecule has 7 fully saturated rings. The van der Waals surface area contributed by atoms with E-state index in [1.807, 2.05) is 30.3 Å². The molecule has 7 nitrogen and oxygen atoms in total. The van der Waals surface area contributed by atoms with E-state index in [0.29, 0.717) is 0 Å². The van der Waals surface area contributed by atoms with Gasteiger partial charge >= 0.3 is 6.75 Å². The molecule has 8 bridgehead atoms. The Labute approximate surface area is 116 Å². The number of hydrogen-bond donors (Lipinski definition) is 0. The summed E-state index contributed by atoms with van der Waals surface area (Å²) in [5.41, 5.74) is 0.945. The van der Waals surface area contributed by atoms with Crippen LogP contribution in [0.3, 0.4) is 0 Å². The fraction of sp³-hybridized carbons (Fsp3) is 0.500. The molecular formula is C12H14BN4O3-. The van der Waals surface area contributed by atoms with Crippen LogP contribution in [0, 0.1) is 0 Å². The maximum atomic E-state index is 6.17. The van der Waals surface area contributed by atoms with Crippen LogP contribution in [0.4, 0.5) is 0 Å². The molecule has 0 atom stereocenters. The van der Waals surface area contributed by atoms with Crippen LogP contribution in [0.5, 0.6) is 0 Å². The van der Waals surface area contributed by atoms with E-state index in [2.05, 4.69) is 20.1 Å². The van der Waals surface area contributed by atoms with E-state index < -0.39 is 6.75 Å². The van der Waals surface area contributed by atoms with Crippen LogP contribution in [-0.4, -0.2) is 65.0 Å². The van der Waals surface area contributed by atoms with Crippen LogP contribution in [-0.2, 0) is 14.3 Å². The Balaban J connectivity index is 1.50. The standard InChI is InChI=1S/C12H14BN4O3/c1-2-4-9(5-3-1)13-18-15-10-6-14-7-11(15)17(20-13)12(8-14)16(10)19-13/h1-5,10-12H,6-8H2/q-1. The van der Waals surface area contributed by atoms with Crippen LogP contribution in [0.15, 0.2) is 30.3 Å². The smallest absolute Gasteiger partial charge is 0.449 e. The van der Waals surface area contributed by atoms with Crippen LogP contribution in [0.25, 0.3) is 0 Å². The molecule has 0 N–H and O–H groups in total. The van der Waals surface area contributed by atoms with Crippen molar-refractivity contribution in [2.45, 2.75) is 18.5 Å². The first-order valence-electron chi connectivity index (χ1n) is 7.18. The van der Waals surface area contributed by atoms with E-state index >= 15 is 0 Å². The maximum Gasteiger partial charge on any atom is 0.457 e. The summed E-state index contributed by atoms with van der Waals surface area (Å²) in [7, 11) is 0. The highest BCUT2D eigenvalue weighted by atomic mass is 17.0. The van der Waals surface area contributed by atoms with Gasteiger partial charge in [-0.1, -0.05) is 30.3 Å². The summed E-state index contributed by atoms with van der Waals surface area (Å²) in [6.45, 7) is 1.01. The molecule has 1 aromatic rings. The van der Waals surface area contributed by atoms with Crippen LogP contribution >= 0.6 is 0 Å².